The second kappa shape index (κ2) is 10.9. The lowest BCUT2D eigenvalue weighted by molar-refractivity contribution is -0.141. The molecule has 3 rings (SSSR count). The van der Waals surface area contributed by atoms with Gasteiger partial charge in [0.05, 0.1) is 19.1 Å². The molecule has 0 saturated heterocycles. The molecule has 0 radical (unpaired) electrons. The lowest BCUT2D eigenvalue weighted by atomic mass is 9.95. The molecule has 1 atom stereocenters. The van der Waals surface area contributed by atoms with Crippen molar-refractivity contribution >= 4 is 5.97 Å². The maximum absolute atomic E-state index is 12.8. The summed E-state index contributed by atoms with van der Waals surface area (Å²) in [4.78, 5) is 11.7. The fourth-order valence-corrected chi connectivity index (χ4v) is 3.46. The molecule has 0 amide bonds. The number of carbonyl (C=O) groups excluding carboxylic acids is 1. The molecule has 0 aromatic heterocycles. The molecule has 3 nitrogen and oxygen atoms in total. The quantitative estimate of drug-likeness (QED) is 0.267. The number of hydrogen-bond donors (Lipinski definition) is 0. The van der Waals surface area contributed by atoms with Crippen LogP contribution in [0.2, 0.25) is 0 Å². The molecule has 6 heteroatoms. The van der Waals surface area contributed by atoms with Gasteiger partial charge in [-0.3, -0.25) is 4.79 Å². The van der Waals surface area contributed by atoms with Gasteiger partial charge in [0.25, 0.3) is 0 Å². The maximum atomic E-state index is 12.8. The van der Waals surface area contributed by atoms with E-state index in [0.717, 1.165) is 28.8 Å². The van der Waals surface area contributed by atoms with E-state index in [-0.39, 0.29) is 18.3 Å². The van der Waals surface area contributed by atoms with Crippen molar-refractivity contribution in [1.82, 2.24) is 0 Å². The molecule has 0 bridgehead atoms. The largest absolute Gasteiger partial charge is 0.489 e. The molecule has 3 aromatic rings. The lowest BCUT2D eigenvalue weighted by Crippen LogP contribution is -2.07. The van der Waals surface area contributed by atoms with Crippen molar-refractivity contribution in [3.63, 3.8) is 0 Å². The summed E-state index contributed by atoms with van der Waals surface area (Å²) >= 11 is 0. The molecule has 1 unspecified atom stereocenters. The van der Waals surface area contributed by atoms with E-state index in [2.05, 4.69) is 0 Å². The Bertz CT molecular complexity index is 1080. The highest BCUT2D eigenvalue weighted by molar-refractivity contribution is 5.70. The van der Waals surface area contributed by atoms with Gasteiger partial charge in [-0.25, -0.2) is 0 Å². The summed E-state index contributed by atoms with van der Waals surface area (Å²) in [6.45, 7) is 2.22. The third-order valence-corrected chi connectivity index (χ3v) is 5.23. The van der Waals surface area contributed by atoms with Crippen LogP contribution >= 0.6 is 0 Å². The van der Waals surface area contributed by atoms with Gasteiger partial charge in [-0.05, 0) is 59.5 Å². The number of rotatable bonds is 8. The first-order chi connectivity index (χ1) is 15.8. The van der Waals surface area contributed by atoms with E-state index < -0.39 is 11.7 Å². The van der Waals surface area contributed by atoms with Crippen molar-refractivity contribution in [2.75, 3.05) is 7.11 Å². The molecule has 0 aliphatic rings. The second-order valence-corrected chi connectivity index (χ2v) is 7.55. The van der Waals surface area contributed by atoms with E-state index in [4.69, 9.17) is 9.47 Å². The Labute approximate surface area is 191 Å². The zero-order valence-corrected chi connectivity index (χ0v) is 18.4. The van der Waals surface area contributed by atoms with Crippen LogP contribution in [-0.2, 0) is 22.3 Å². The highest BCUT2D eigenvalue weighted by Gasteiger charge is 2.29. The Morgan fingerprint density at radius 3 is 2.27 bits per heavy atom. The average molecular weight is 454 g/mol. The van der Waals surface area contributed by atoms with Gasteiger partial charge in [0.2, 0.25) is 0 Å². The van der Waals surface area contributed by atoms with Gasteiger partial charge < -0.3 is 9.47 Å². The molecule has 33 heavy (non-hydrogen) atoms. The van der Waals surface area contributed by atoms with Crippen molar-refractivity contribution in [2.24, 2.45) is 0 Å². The number of esters is 1. The SMILES string of the molecule is C/C=C\C(CC(=O)OC)c1ccc(OCc2cccc(-c3ccc(C(F)(F)F)cc3)c2)cc1. The lowest BCUT2D eigenvalue weighted by Gasteiger charge is -2.13. The maximum Gasteiger partial charge on any atom is 0.416 e. The first-order valence-corrected chi connectivity index (χ1v) is 10.5. The highest BCUT2D eigenvalue weighted by atomic mass is 19.4. The Kier molecular flexibility index (Phi) is 7.93. The van der Waals surface area contributed by atoms with Gasteiger partial charge >= 0.3 is 12.1 Å². The summed E-state index contributed by atoms with van der Waals surface area (Å²) in [6.07, 6.45) is -0.227. The summed E-state index contributed by atoms with van der Waals surface area (Å²) < 4.78 is 49.0. The summed E-state index contributed by atoms with van der Waals surface area (Å²) in [5.41, 5.74) is 2.73. The van der Waals surface area contributed by atoms with Crippen molar-refractivity contribution in [2.45, 2.75) is 32.0 Å². The molecule has 0 aliphatic carbocycles. The summed E-state index contributed by atoms with van der Waals surface area (Å²) in [6, 6.07) is 20.1. The number of halogens is 3. The molecule has 0 saturated carbocycles. The topological polar surface area (TPSA) is 35.5 Å². The van der Waals surface area contributed by atoms with Gasteiger partial charge in [0.1, 0.15) is 12.4 Å². The van der Waals surface area contributed by atoms with Crippen LogP contribution in [-0.4, -0.2) is 13.1 Å². The summed E-state index contributed by atoms with van der Waals surface area (Å²) in [7, 11) is 1.37. The van der Waals surface area contributed by atoms with Crippen molar-refractivity contribution in [3.05, 3.63) is 102 Å². The predicted octanol–water partition coefficient (Wildman–Crippen LogP) is 7.17. The van der Waals surface area contributed by atoms with Gasteiger partial charge in [-0.15, -0.1) is 0 Å². The van der Waals surface area contributed by atoms with E-state index in [9.17, 15) is 18.0 Å². The van der Waals surface area contributed by atoms with Crippen LogP contribution in [0.15, 0.2) is 84.9 Å². The molecule has 172 valence electrons. The fourth-order valence-electron chi connectivity index (χ4n) is 3.46. The van der Waals surface area contributed by atoms with E-state index in [1.165, 1.54) is 19.2 Å². The fraction of sp³-hybridized carbons (Fsp3) is 0.222. The minimum absolute atomic E-state index is 0.0723. The van der Waals surface area contributed by atoms with Gasteiger partial charge in [0.15, 0.2) is 0 Å². The van der Waals surface area contributed by atoms with Crippen LogP contribution in [0.3, 0.4) is 0 Å². The van der Waals surface area contributed by atoms with E-state index >= 15 is 0 Å². The van der Waals surface area contributed by atoms with E-state index in [1.54, 1.807) is 0 Å². The molecule has 0 N–H and O–H groups in total. The molecule has 0 heterocycles. The van der Waals surface area contributed by atoms with Gasteiger partial charge in [-0.2, -0.15) is 13.2 Å². The molecule has 0 aliphatic heterocycles. The Morgan fingerprint density at radius 2 is 1.67 bits per heavy atom. The standard InChI is InChI=1S/C27H25F3O3/c1-3-5-22(17-26(31)32-2)21-10-14-25(15-11-21)33-18-19-6-4-7-23(16-19)20-8-12-24(13-9-20)27(28,29)30/h3-16,22H,17-18H2,1-2H3/b5-3-. The zero-order chi connectivity index (χ0) is 23.8. The van der Waals surface area contributed by atoms with Crippen LogP contribution in [0.4, 0.5) is 13.2 Å². The Hall–Kier alpha value is -3.54. The van der Waals surface area contributed by atoms with E-state index in [0.29, 0.717) is 17.9 Å². The highest BCUT2D eigenvalue weighted by Crippen LogP contribution is 2.31. The second-order valence-electron chi connectivity index (χ2n) is 7.55. The zero-order valence-electron chi connectivity index (χ0n) is 18.4. The monoisotopic (exact) mass is 454 g/mol. The molecular weight excluding hydrogens is 429 g/mol. The normalized spacial score (nSPS) is 12.5. The third-order valence-electron chi connectivity index (χ3n) is 5.23. The van der Waals surface area contributed by atoms with Gasteiger partial charge in [0, 0.05) is 5.92 Å². The number of methoxy groups -OCH3 is 1. The van der Waals surface area contributed by atoms with Crippen molar-refractivity contribution in [1.29, 1.82) is 0 Å². The van der Waals surface area contributed by atoms with Crippen molar-refractivity contribution in [3.8, 4) is 16.9 Å². The van der Waals surface area contributed by atoms with Gasteiger partial charge in [-0.1, -0.05) is 54.6 Å². The first-order valence-electron chi connectivity index (χ1n) is 10.5. The number of hydrogen-bond acceptors (Lipinski definition) is 3. The molecule has 3 aromatic carbocycles. The smallest absolute Gasteiger partial charge is 0.416 e. The van der Waals surface area contributed by atoms with Crippen LogP contribution < -0.4 is 4.74 Å². The Morgan fingerprint density at radius 1 is 0.970 bits per heavy atom. The number of allylic oxidation sites excluding steroid dienone is 2. The third kappa shape index (κ3) is 6.72. The number of alkyl halides is 3. The summed E-state index contributed by atoms with van der Waals surface area (Å²) in [5, 5.41) is 0. The average Bonchev–Trinajstić information content (AvgIpc) is 2.82. The molecular formula is C27H25F3O3. The molecule has 0 spiro atoms. The molecule has 0 fully saturated rings. The van der Waals surface area contributed by atoms with Crippen LogP contribution in [0, 0.1) is 0 Å². The minimum Gasteiger partial charge on any atom is -0.489 e. The predicted molar refractivity (Wildman–Crippen MR) is 122 cm³/mol. The van der Waals surface area contributed by atoms with Crippen LogP contribution in [0.25, 0.3) is 11.1 Å². The summed E-state index contributed by atoms with van der Waals surface area (Å²) in [5.74, 6) is 0.333. The van der Waals surface area contributed by atoms with E-state index in [1.807, 2.05) is 67.6 Å². The number of benzene rings is 3. The van der Waals surface area contributed by atoms with Crippen molar-refractivity contribution < 1.29 is 27.4 Å². The number of carbonyl (C=O) groups is 1. The number of ether oxygens (including phenoxy) is 2. The van der Waals surface area contributed by atoms with Crippen LogP contribution in [0.5, 0.6) is 5.75 Å². The minimum atomic E-state index is -4.35. The first kappa shape index (κ1) is 24.1. The Balaban J connectivity index is 1.66. The van der Waals surface area contributed by atoms with Crippen LogP contribution in [0.1, 0.15) is 36.0 Å².